The van der Waals surface area contributed by atoms with E-state index in [2.05, 4.69) is 57.4 Å². The third-order valence-corrected chi connectivity index (χ3v) is 6.09. The van der Waals surface area contributed by atoms with Crippen LogP contribution in [0.3, 0.4) is 0 Å². The average molecular weight is 453 g/mol. The number of nitriles is 1. The number of carbonyl (C=O) groups is 1. The van der Waals surface area contributed by atoms with E-state index < -0.39 is 0 Å². The van der Waals surface area contributed by atoms with Gasteiger partial charge in [0, 0.05) is 12.6 Å². The highest BCUT2D eigenvalue weighted by Crippen LogP contribution is 2.37. The van der Waals surface area contributed by atoms with Crippen molar-refractivity contribution in [1.82, 2.24) is 15.2 Å². The van der Waals surface area contributed by atoms with Crippen LogP contribution in [0.25, 0.3) is 0 Å². The number of benzene rings is 1. The van der Waals surface area contributed by atoms with E-state index in [1.165, 1.54) is 32.1 Å². The van der Waals surface area contributed by atoms with Gasteiger partial charge < -0.3 is 15.0 Å². The number of esters is 1. The lowest BCUT2D eigenvalue weighted by atomic mass is 9.92. The van der Waals surface area contributed by atoms with Crippen molar-refractivity contribution in [3.8, 4) is 6.07 Å². The van der Waals surface area contributed by atoms with E-state index in [1.54, 1.807) is 0 Å². The molecule has 0 aliphatic heterocycles. The molecule has 8 nitrogen and oxygen atoms in total. The van der Waals surface area contributed by atoms with Gasteiger partial charge in [-0.2, -0.15) is 10.2 Å². The summed E-state index contributed by atoms with van der Waals surface area (Å²) in [5, 5.41) is 19.2. The molecule has 0 saturated heterocycles. The minimum atomic E-state index is -0.195. The Bertz CT molecular complexity index is 958. The Hall–Kier alpha value is -3.08. The van der Waals surface area contributed by atoms with Crippen molar-refractivity contribution in [2.45, 2.75) is 78.2 Å². The van der Waals surface area contributed by atoms with E-state index >= 15 is 0 Å². The Labute approximate surface area is 196 Å². The Morgan fingerprint density at radius 2 is 2.06 bits per heavy atom. The molecule has 33 heavy (non-hydrogen) atoms. The molecule has 0 unspecified atom stereocenters. The summed E-state index contributed by atoms with van der Waals surface area (Å²) in [5.74, 6) is 0.845. The van der Waals surface area contributed by atoms with Crippen molar-refractivity contribution in [3.63, 3.8) is 0 Å². The molecular weight excluding hydrogens is 416 g/mol. The van der Waals surface area contributed by atoms with Crippen LogP contribution in [0.5, 0.6) is 0 Å². The molecule has 178 valence electrons. The number of aromatic nitrogens is 3. The normalized spacial score (nSPS) is 15.2. The highest BCUT2D eigenvalue weighted by molar-refractivity contribution is 5.76. The van der Waals surface area contributed by atoms with Gasteiger partial charge >= 0.3 is 5.97 Å². The maximum absolute atomic E-state index is 12.0. The molecule has 0 spiro atoms. The van der Waals surface area contributed by atoms with E-state index in [0.717, 1.165) is 23.5 Å². The zero-order valence-corrected chi connectivity index (χ0v) is 20.2. The quantitative estimate of drug-likeness (QED) is 0.473. The molecule has 0 amide bonds. The van der Waals surface area contributed by atoms with Gasteiger partial charge in [0.25, 0.3) is 0 Å². The average Bonchev–Trinajstić information content (AvgIpc) is 3.26. The van der Waals surface area contributed by atoms with E-state index in [0.29, 0.717) is 30.9 Å². The summed E-state index contributed by atoms with van der Waals surface area (Å²) in [6.45, 7) is 9.67. The Morgan fingerprint density at radius 1 is 1.30 bits per heavy atom. The van der Waals surface area contributed by atoms with E-state index in [-0.39, 0.29) is 17.7 Å². The van der Waals surface area contributed by atoms with Gasteiger partial charge in [0.1, 0.15) is 6.07 Å². The number of carbonyl (C=O) groups excluding carboxylic acids is 1. The molecule has 1 aliphatic carbocycles. The van der Waals surface area contributed by atoms with Crippen molar-refractivity contribution in [3.05, 3.63) is 29.6 Å². The van der Waals surface area contributed by atoms with Crippen LogP contribution in [-0.4, -0.2) is 40.3 Å². The van der Waals surface area contributed by atoms with Gasteiger partial charge in [-0.3, -0.25) is 4.79 Å². The van der Waals surface area contributed by atoms with Crippen molar-refractivity contribution in [2.75, 3.05) is 23.4 Å². The lowest BCUT2D eigenvalue weighted by Crippen LogP contribution is -2.39. The van der Waals surface area contributed by atoms with Gasteiger partial charge in [0.15, 0.2) is 0 Å². The van der Waals surface area contributed by atoms with Gasteiger partial charge in [0.05, 0.1) is 24.4 Å². The maximum atomic E-state index is 12.0. The number of aromatic amines is 1. The fourth-order valence-electron chi connectivity index (χ4n) is 4.52. The summed E-state index contributed by atoms with van der Waals surface area (Å²) >= 11 is 0. The van der Waals surface area contributed by atoms with Crippen LogP contribution in [0, 0.1) is 17.2 Å². The molecule has 2 aromatic rings. The van der Waals surface area contributed by atoms with E-state index in [1.807, 2.05) is 19.9 Å². The van der Waals surface area contributed by atoms with Crippen LogP contribution >= 0.6 is 0 Å². The summed E-state index contributed by atoms with van der Waals surface area (Å²) in [7, 11) is 0. The van der Waals surface area contributed by atoms with E-state index in [9.17, 15) is 4.79 Å². The third-order valence-electron chi connectivity index (χ3n) is 6.09. The zero-order chi connectivity index (χ0) is 23.8. The van der Waals surface area contributed by atoms with Gasteiger partial charge in [-0.05, 0) is 49.3 Å². The second-order valence-corrected chi connectivity index (χ2v) is 9.27. The molecule has 1 heterocycles. The summed E-state index contributed by atoms with van der Waals surface area (Å²) in [6.07, 6.45) is 6.50. The number of nitrogens with one attached hydrogen (secondary N) is 2. The molecule has 1 aliphatic rings. The third kappa shape index (κ3) is 6.70. The molecule has 3 rings (SSSR count). The molecule has 2 N–H and O–H groups in total. The number of hydrogen-bond acceptors (Lipinski definition) is 7. The van der Waals surface area contributed by atoms with E-state index in [4.69, 9.17) is 10.00 Å². The van der Waals surface area contributed by atoms with Gasteiger partial charge in [0.2, 0.25) is 11.8 Å². The van der Waals surface area contributed by atoms with Crippen LogP contribution in [0.2, 0.25) is 0 Å². The maximum Gasteiger partial charge on any atom is 0.306 e. The predicted molar refractivity (Wildman–Crippen MR) is 130 cm³/mol. The summed E-state index contributed by atoms with van der Waals surface area (Å²) in [4.78, 5) is 18.8. The Balaban J connectivity index is 1.97. The number of ether oxygens (including phenoxy) is 1. The number of nitrogens with zero attached hydrogens (tertiary/aromatic N) is 4. The number of rotatable bonds is 10. The van der Waals surface area contributed by atoms with Crippen LogP contribution in [-0.2, 0) is 9.53 Å². The number of hydrogen-bond donors (Lipinski definition) is 2. The topological polar surface area (TPSA) is 107 Å². The highest BCUT2D eigenvalue weighted by Gasteiger charge is 2.25. The minimum Gasteiger partial charge on any atom is -0.466 e. The van der Waals surface area contributed by atoms with Crippen molar-refractivity contribution in [1.29, 1.82) is 5.26 Å². The molecule has 1 fully saturated rings. The van der Waals surface area contributed by atoms with Gasteiger partial charge in [-0.1, -0.05) is 46.1 Å². The van der Waals surface area contributed by atoms with Crippen LogP contribution in [0.4, 0.5) is 17.3 Å². The Kier molecular flexibility index (Phi) is 8.70. The molecule has 0 radical (unpaired) electrons. The fourth-order valence-corrected chi connectivity index (χ4v) is 4.52. The summed E-state index contributed by atoms with van der Waals surface area (Å²) in [6, 6.07) is 8.81. The standard InChI is InChI=1S/C25H36N6O2/c1-5-33-24(32)13-18(4)19-11-12-22(21(14-19)27-25-28-23(15-26)29-30-25)31(16-17(2)3)20-9-7-6-8-10-20/h11-12,14,17-18,20H,5-10,13,16H2,1-4H3,(H2,27,28,29,30)/t18-/m1/s1. The molecule has 0 bridgehead atoms. The van der Waals surface area contributed by atoms with Gasteiger partial charge in [-0.25, -0.2) is 5.10 Å². The molecular formula is C25H36N6O2. The molecule has 1 saturated carbocycles. The van der Waals surface area contributed by atoms with Crippen LogP contribution in [0.1, 0.15) is 83.5 Å². The Morgan fingerprint density at radius 3 is 2.70 bits per heavy atom. The zero-order valence-electron chi connectivity index (χ0n) is 20.2. The summed E-state index contributed by atoms with van der Waals surface area (Å²) < 4.78 is 5.14. The largest absolute Gasteiger partial charge is 0.466 e. The van der Waals surface area contributed by atoms with Crippen LogP contribution < -0.4 is 10.2 Å². The van der Waals surface area contributed by atoms with Crippen LogP contribution in [0.15, 0.2) is 18.2 Å². The number of anilines is 3. The predicted octanol–water partition coefficient (Wildman–Crippen LogP) is 5.27. The molecule has 8 heteroatoms. The first-order chi connectivity index (χ1) is 15.9. The van der Waals surface area contributed by atoms with Crippen molar-refractivity contribution < 1.29 is 9.53 Å². The smallest absolute Gasteiger partial charge is 0.306 e. The second-order valence-electron chi connectivity index (χ2n) is 9.27. The lowest BCUT2D eigenvalue weighted by molar-refractivity contribution is -0.143. The van der Waals surface area contributed by atoms with Gasteiger partial charge in [-0.15, -0.1) is 5.10 Å². The number of H-pyrrole nitrogens is 1. The second kappa shape index (κ2) is 11.7. The molecule has 1 aromatic carbocycles. The SMILES string of the molecule is CCOC(=O)C[C@@H](C)c1ccc(N(CC(C)C)C2CCCCC2)c(Nc2n[nH]c(C#N)n2)c1. The molecule has 1 atom stereocenters. The van der Waals surface area contributed by atoms with Crippen molar-refractivity contribution >= 4 is 23.3 Å². The monoisotopic (exact) mass is 452 g/mol. The highest BCUT2D eigenvalue weighted by atomic mass is 16.5. The fraction of sp³-hybridized carbons (Fsp3) is 0.600. The summed E-state index contributed by atoms with van der Waals surface area (Å²) in [5.41, 5.74) is 3.03. The van der Waals surface area contributed by atoms with Crippen molar-refractivity contribution in [2.24, 2.45) is 5.92 Å². The first kappa shape index (κ1) is 24.6. The minimum absolute atomic E-state index is 0.00805. The first-order valence-electron chi connectivity index (χ1n) is 12.1. The first-order valence-corrected chi connectivity index (χ1v) is 12.1. The molecule has 1 aromatic heterocycles. The lowest BCUT2D eigenvalue weighted by Gasteiger charge is -2.38.